The minimum absolute atomic E-state index is 0.723. The van der Waals surface area contributed by atoms with Crippen molar-refractivity contribution in [2.24, 2.45) is 0 Å². The van der Waals surface area contributed by atoms with E-state index in [1.165, 1.54) is 0 Å². The van der Waals surface area contributed by atoms with Gasteiger partial charge < -0.3 is 4.98 Å². The molecule has 0 saturated heterocycles. The lowest BCUT2D eigenvalue weighted by molar-refractivity contribution is -0.0347. The molecule has 1 heterocycles. The fourth-order valence-electron chi connectivity index (χ4n) is 0.998. The van der Waals surface area contributed by atoms with Gasteiger partial charge in [-0.25, -0.2) is 0 Å². The third kappa shape index (κ3) is 6.86. The lowest BCUT2D eigenvalue weighted by Gasteiger charge is -2.08. The first kappa shape index (κ1) is 19.2. The van der Waals surface area contributed by atoms with Crippen molar-refractivity contribution in [2.75, 3.05) is 0 Å². The van der Waals surface area contributed by atoms with Crippen LogP contribution in [0.25, 0.3) is 0 Å². The van der Waals surface area contributed by atoms with Crippen LogP contribution in [0.5, 0.6) is 0 Å². The Kier molecular flexibility index (Phi) is 5.82. The highest BCUT2D eigenvalue weighted by Crippen LogP contribution is 2.52. The summed E-state index contributed by atoms with van der Waals surface area (Å²) in [6.07, 6.45) is 0. The van der Waals surface area contributed by atoms with E-state index in [1.54, 1.807) is 4.98 Å². The molecule has 1 rings (SSSR count). The van der Waals surface area contributed by atoms with Crippen LogP contribution in [-0.2, 0) is 0 Å². The molecule has 21 heavy (non-hydrogen) atoms. The lowest BCUT2D eigenvalue weighted by Crippen LogP contribution is -2.02. The zero-order valence-corrected chi connectivity index (χ0v) is 13.0. The second-order valence-electron chi connectivity index (χ2n) is 3.07. The summed E-state index contributed by atoms with van der Waals surface area (Å²) < 4.78 is 109. The number of hydrogen-bond acceptors (Lipinski definition) is 3. The molecule has 0 amide bonds. The number of halogens is 10. The maximum Gasteiger partial charge on any atom is 0.447 e. The van der Waals surface area contributed by atoms with E-state index in [1.807, 2.05) is 0 Å². The Morgan fingerprint density at radius 2 is 1.05 bits per heavy atom. The number of hydrogen-bond donors (Lipinski definition) is 1. The monoisotopic (exact) mass is 445 g/mol. The summed E-state index contributed by atoms with van der Waals surface area (Å²) in [5.74, 6) is 0. The number of thioether (sulfide) groups is 3. The van der Waals surface area contributed by atoms with E-state index in [2.05, 4.69) is 15.9 Å². The van der Waals surface area contributed by atoms with E-state index in [4.69, 9.17) is 0 Å². The zero-order valence-electron chi connectivity index (χ0n) is 9.00. The molecule has 1 nitrogen and oxygen atoms in total. The van der Waals surface area contributed by atoms with E-state index in [9.17, 15) is 39.5 Å². The van der Waals surface area contributed by atoms with Gasteiger partial charge >= 0.3 is 16.5 Å². The number of nitrogens with one attached hydrogen (secondary N) is 1. The molecule has 0 aliphatic heterocycles. The third-order valence-corrected chi connectivity index (χ3v) is 5.26. The number of aromatic amines is 1. The quantitative estimate of drug-likeness (QED) is 0.416. The molecule has 1 aromatic rings. The van der Waals surface area contributed by atoms with Crippen LogP contribution < -0.4 is 0 Å². The molecule has 1 N–H and O–H groups in total. The van der Waals surface area contributed by atoms with Crippen LogP contribution in [0.4, 0.5) is 39.5 Å². The van der Waals surface area contributed by atoms with Crippen LogP contribution in [0.2, 0.25) is 0 Å². The van der Waals surface area contributed by atoms with Gasteiger partial charge in [0.05, 0.1) is 19.4 Å². The normalized spacial score (nSPS) is 13.8. The van der Waals surface area contributed by atoms with Crippen molar-refractivity contribution in [2.45, 2.75) is 31.5 Å². The van der Waals surface area contributed by atoms with Gasteiger partial charge in [-0.05, 0) is 27.7 Å². The highest BCUT2D eigenvalue weighted by Gasteiger charge is 2.40. The van der Waals surface area contributed by atoms with Crippen LogP contribution in [-0.4, -0.2) is 21.5 Å². The molecule has 0 aliphatic rings. The molecular weight excluding hydrogens is 445 g/mol. The predicted octanol–water partition coefficient (Wildman–Crippen LogP) is 6.61. The number of alkyl halides is 9. The van der Waals surface area contributed by atoms with Gasteiger partial charge in [-0.1, -0.05) is 0 Å². The number of aromatic nitrogens is 1. The summed E-state index contributed by atoms with van der Waals surface area (Å²) in [6.45, 7) is 0. The molecule has 122 valence electrons. The summed E-state index contributed by atoms with van der Waals surface area (Å²) in [4.78, 5) is 0.701. The minimum atomic E-state index is -4.95. The molecule has 0 aliphatic carbocycles. The fraction of sp³-hybridized carbons (Fsp3) is 0.429. The van der Waals surface area contributed by atoms with Gasteiger partial charge in [0.25, 0.3) is 0 Å². The second kappa shape index (κ2) is 6.35. The fourth-order valence-corrected chi connectivity index (χ4v) is 4.01. The van der Waals surface area contributed by atoms with Crippen molar-refractivity contribution in [3.8, 4) is 0 Å². The van der Waals surface area contributed by atoms with Gasteiger partial charge in [-0.3, -0.25) is 0 Å². The summed E-state index contributed by atoms with van der Waals surface area (Å²) in [7, 11) is 0. The first-order valence-corrected chi connectivity index (χ1v) is 7.61. The van der Waals surface area contributed by atoms with Crippen molar-refractivity contribution in [3.05, 3.63) is 4.47 Å². The second-order valence-corrected chi connectivity index (χ2v) is 7.09. The molecule has 1 aromatic heterocycles. The Labute approximate surface area is 131 Å². The van der Waals surface area contributed by atoms with E-state index >= 15 is 0 Å². The first-order chi connectivity index (χ1) is 9.18. The van der Waals surface area contributed by atoms with Gasteiger partial charge in [0.2, 0.25) is 0 Å². The van der Waals surface area contributed by atoms with E-state index in [-0.39, 0.29) is 0 Å². The lowest BCUT2D eigenvalue weighted by atomic mass is 10.7. The van der Waals surface area contributed by atoms with Crippen molar-refractivity contribution in [1.82, 2.24) is 4.98 Å². The van der Waals surface area contributed by atoms with Crippen LogP contribution in [0.3, 0.4) is 0 Å². The molecule has 0 spiro atoms. The Hall–Kier alpha value is 0.180. The van der Waals surface area contributed by atoms with E-state index < -0.39 is 71.2 Å². The number of rotatable bonds is 3. The van der Waals surface area contributed by atoms with Gasteiger partial charge in [0.1, 0.15) is 0 Å². The van der Waals surface area contributed by atoms with Crippen molar-refractivity contribution in [1.29, 1.82) is 0 Å². The van der Waals surface area contributed by atoms with Crippen molar-refractivity contribution in [3.63, 3.8) is 0 Å². The van der Waals surface area contributed by atoms with E-state index in [0.717, 1.165) is 0 Å². The molecule has 14 heteroatoms. The Balaban J connectivity index is 3.23. The number of H-pyrrole nitrogens is 1. The maximum atomic E-state index is 12.3. The first-order valence-electron chi connectivity index (χ1n) is 4.36. The van der Waals surface area contributed by atoms with E-state index in [0.29, 0.717) is 0 Å². The highest BCUT2D eigenvalue weighted by atomic mass is 79.9. The molecule has 0 radical (unpaired) electrons. The Bertz CT molecular complexity index is 503. The van der Waals surface area contributed by atoms with Crippen molar-refractivity contribution >= 4 is 51.2 Å². The molecule has 0 unspecified atom stereocenters. The standard InChI is InChI=1S/C7HBrF9NS3/c8-1-2(19-5(9,10)11)4(21-7(15,16)17)18-3(1)20-6(12,13)14/h18H. The van der Waals surface area contributed by atoms with Gasteiger partial charge in [-0.2, -0.15) is 39.5 Å². The third-order valence-electron chi connectivity index (χ3n) is 1.49. The largest absolute Gasteiger partial charge is 0.447 e. The Morgan fingerprint density at radius 3 is 1.43 bits per heavy atom. The topological polar surface area (TPSA) is 15.8 Å². The minimum Gasteiger partial charge on any atom is -0.343 e. The highest BCUT2D eigenvalue weighted by molar-refractivity contribution is 9.10. The summed E-state index contributed by atoms with van der Waals surface area (Å²) in [5, 5.41) is -1.95. The van der Waals surface area contributed by atoms with Crippen LogP contribution in [0, 0.1) is 0 Å². The smallest absolute Gasteiger partial charge is 0.343 e. The summed E-state index contributed by atoms with van der Waals surface area (Å²) in [6, 6.07) is 0. The summed E-state index contributed by atoms with van der Waals surface area (Å²) in [5.41, 5.74) is -14.8. The molecule has 0 fully saturated rings. The molecule has 0 atom stereocenters. The Morgan fingerprint density at radius 1 is 0.667 bits per heavy atom. The SMILES string of the molecule is FC(F)(F)Sc1[nH]c(SC(F)(F)F)c(SC(F)(F)F)c1Br. The maximum absolute atomic E-state index is 12.3. The van der Waals surface area contributed by atoms with Crippen LogP contribution in [0.15, 0.2) is 19.4 Å². The molecule has 0 aromatic carbocycles. The summed E-state index contributed by atoms with van der Waals surface area (Å²) >= 11 is -0.284. The van der Waals surface area contributed by atoms with Gasteiger partial charge in [0.15, 0.2) is 0 Å². The van der Waals surface area contributed by atoms with Crippen LogP contribution in [0.1, 0.15) is 0 Å². The molecular formula is C7HBrF9NS3. The zero-order chi connectivity index (χ0) is 16.6. The van der Waals surface area contributed by atoms with Gasteiger partial charge in [-0.15, -0.1) is 0 Å². The average molecular weight is 446 g/mol. The van der Waals surface area contributed by atoms with Gasteiger partial charge in [0, 0.05) is 23.5 Å². The van der Waals surface area contributed by atoms with Crippen molar-refractivity contribution < 1.29 is 39.5 Å². The predicted molar refractivity (Wildman–Crippen MR) is 64.2 cm³/mol. The molecule has 0 saturated carbocycles. The van der Waals surface area contributed by atoms with Crippen LogP contribution >= 0.6 is 51.2 Å². The molecule has 0 bridgehead atoms. The average Bonchev–Trinajstić information content (AvgIpc) is 2.39.